The van der Waals surface area contributed by atoms with Crippen LogP contribution in [0, 0.1) is 0 Å². The van der Waals surface area contributed by atoms with Gasteiger partial charge >= 0.3 is 0 Å². The Labute approximate surface area is 115 Å². The Morgan fingerprint density at radius 2 is 1.74 bits per heavy atom. The lowest BCUT2D eigenvalue weighted by Crippen LogP contribution is -2.20. The second kappa shape index (κ2) is 6.33. The van der Waals surface area contributed by atoms with Crippen LogP contribution in [0.15, 0.2) is 12.4 Å². The summed E-state index contributed by atoms with van der Waals surface area (Å²) in [7, 11) is 0. The summed E-state index contributed by atoms with van der Waals surface area (Å²) in [5, 5.41) is 3.46. The SMILES string of the molecule is c1nc(C2CCCCNC2)ncc1OC1CCCC1. The van der Waals surface area contributed by atoms with E-state index < -0.39 is 0 Å². The fraction of sp³-hybridized carbons (Fsp3) is 0.733. The van der Waals surface area contributed by atoms with Crippen molar-refractivity contribution in [2.24, 2.45) is 0 Å². The minimum Gasteiger partial charge on any atom is -0.487 e. The van der Waals surface area contributed by atoms with Crippen molar-refractivity contribution in [2.45, 2.75) is 57.0 Å². The third kappa shape index (κ3) is 3.44. The third-order valence-electron chi connectivity index (χ3n) is 4.17. The highest BCUT2D eigenvalue weighted by Gasteiger charge is 2.19. The van der Waals surface area contributed by atoms with Gasteiger partial charge in [0, 0.05) is 12.5 Å². The summed E-state index contributed by atoms with van der Waals surface area (Å²) in [4.78, 5) is 9.02. The molecular weight excluding hydrogens is 238 g/mol. The zero-order chi connectivity index (χ0) is 12.9. The fourth-order valence-corrected chi connectivity index (χ4v) is 3.04. The van der Waals surface area contributed by atoms with E-state index in [2.05, 4.69) is 15.3 Å². The van der Waals surface area contributed by atoms with Crippen molar-refractivity contribution in [3.8, 4) is 5.75 Å². The molecule has 0 radical (unpaired) electrons. The molecule has 1 unspecified atom stereocenters. The van der Waals surface area contributed by atoms with Crippen LogP contribution in [0.5, 0.6) is 5.75 Å². The number of nitrogens with one attached hydrogen (secondary N) is 1. The summed E-state index contributed by atoms with van der Waals surface area (Å²) >= 11 is 0. The molecule has 1 saturated carbocycles. The van der Waals surface area contributed by atoms with Gasteiger partial charge in [-0.15, -0.1) is 0 Å². The molecule has 104 valence electrons. The molecule has 1 N–H and O–H groups in total. The molecule has 2 heterocycles. The minimum absolute atomic E-state index is 0.383. The maximum Gasteiger partial charge on any atom is 0.156 e. The van der Waals surface area contributed by atoms with Crippen molar-refractivity contribution in [2.75, 3.05) is 13.1 Å². The molecule has 1 aromatic rings. The van der Waals surface area contributed by atoms with Crippen LogP contribution in [0.1, 0.15) is 56.7 Å². The monoisotopic (exact) mass is 261 g/mol. The molecule has 4 nitrogen and oxygen atoms in total. The number of hydrogen-bond acceptors (Lipinski definition) is 4. The van der Waals surface area contributed by atoms with Crippen LogP contribution in [-0.2, 0) is 0 Å². The number of hydrogen-bond donors (Lipinski definition) is 1. The predicted octanol–water partition coefficient (Wildman–Crippen LogP) is 2.66. The van der Waals surface area contributed by atoms with E-state index in [1.807, 2.05) is 12.4 Å². The smallest absolute Gasteiger partial charge is 0.156 e. The summed E-state index contributed by atoms with van der Waals surface area (Å²) in [5.74, 6) is 2.26. The average molecular weight is 261 g/mol. The van der Waals surface area contributed by atoms with E-state index in [9.17, 15) is 0 Å². The predicted molar refractivity (Wildman–Crippen MR) is 74.4 cm³/mol. The van der Waals surface area contributed by atoms with Gasteiger partial charge in [-0.25, -0.2) is 9.97 Å². The Hall–Kier alpha value is -1.16. The zero-order valence-electron chi connectivity index (χ0n) is 11.5. The van der Waals surface area contributed by atoms with E-state index >= 15 is 0 Å². The van der Waals surface area contributed by atoms with Crippen LogP contribution in [0.3, 0.4) is 0 Å². The lowest BCUT2D eigenvalue weighted by Gasteiger charge is -2.15. The van der Waals surface area contributed by atoms with Gasteiger partial charge in [0.25, 0.3) is 0 Å². The summed E-state index contributed by atoms with van der Waals surface area (Å²) in [6, 6.07) is 0. The van der Waals surface area contributed by atoms with Gasteiger partial charge in [0.1, 0.15) is 5.82 Å². The Balaban J connectivity index is 1.60. The fourth-order valence-electron chi connectivity index (χ4n) is 3.04. The number of rotatable bonds is 3. The Bertz CT molecular complexity index is 379. The standard InChI is InChI=1S/C15H23N3O/c1-2-7-13(6-1)19-14-10-17-15(18-11-14)12-5-3-4-8-16-9-12/h10-13,16H,1-9H2. The molecule has 1 aliphatic heterocycles. The Kier molecular flexibility index (Phi) is 4.28. The van der Waals surface area contributed by atoms with Gasteiger partial charge in [-0.2, -0.15) is 0 Å². The Morgan fingerprint density at radius 1 is 1.00 bits per heavy atom. The van der Waals surface area contributed by atoms with Gasteiger partial charge in [0.2, 0.25) is 0 Å². The lowest BCUT2D eigenvalue weighted by molar-refractivity contribution is 0.208. The lowest BCUT2D eigenvalue weighted by atomic mass is 10.0. The normalized spacial score (nSPS) is 25.2. The topological polar surface area (TPSA) is 47.0 Å². The average Bonchev–Trinajstić information content (AvgIpc) is 2.80. The number of nitrogens with zero attached hydrogens (tertiary/aromatic N) is 2. The van der Waals surface area contributed by atoms with Crippen molar-refractivity contribution >= 4 is 0 Å². The Morgan fingerprint density at radius 3 is 2.53 bits per heavy atom. The highest BCUT2D eigenvalue weighted by molar-refractivity contribution is 5.14. The van der Waals surface area contributed by atoms with Crippen LogP contribution in [0.4, 0.5) is 0 Å². The molecule has 2 fully saturated rings. The molecule has 0 aromatic carbocycles. The van der Waals surface area contributed by atoms with Crippen LogP contribution in [0.2, 0.25) is 0 Å². The summed E-state index contributed by atoms with van der Waals surface area (Å²) in [5.41, 5.74) is 0. The van der Waals surface area contributed by atoms with E-state index in [1.165, 1.54) is 44.9 Å². The molecule has 19 heavy (non-hydrogen) atoms. The molecule has 1 atom stereocenters. The van der Waals surface area contributed by atoms with E-state index in [0.29, 0.717) is 12.0 Å². The van der Waals surface area contributed by atoms with Crippen molar-refractivity contribution < 1.29 is 4.74 Å². The maximum absolute atomic E-state index is 5.90. The van der Waals surface area contributed by atoms with Gasteiger partial charge < -0.3 is 10.1 Å². The molecule has 4 heteroatoms. The molecular formula is C15H23N3O. The van der Waals surface area contributed by atoms with Gasteiger partial charge in [0.15, 0.2) is 5.75 Å². The molecule has 1 aliphatic carbocycles. The van der Waals surface area contributed by atoms with E-state index in [1.54, 1.807) is 0 Å². The second-order valence-electron chi connectivity index (χ2n) is 5.70. The highest BCUT2D eigenvalue weighted by atomic mass is 16.5. The first-order valence-electron chi connectivity index (χ1n) is 7.61. The second-order valence-corrected chi connectivity index (χ2v) is 5.70. The van der Waals surface area contributed by atoms with Gasteiger partial charge in [-0.05, 0) is 45.1 Å². The summed E-state index contributed by atoms with van der Waals surface area (Å²) in [6.45, 7) is 2.13. The third-order valence-corrected chi connectivity index (χ3v) is 4.17. The van der Waals surface area contributed by atoms with Crippen LogP contribution in [-0.4, -0.2) is 29.2 Å². The van der Waals surface area contributed by atoms with Crippen LogP contribution < -0.4 is 10.1 Å². The van der Waals surface area contributed by atoms with Crippen molar-refractivity contribution in [1.29, 1.82) is 0 Å². The molecule has 2 aliphatic rings. The van der Waals surface area contributed by atoms with E-state index in [-0.39, 0.29) is 0 Å². The van der Waals surface area contributed by atoms with Gasteiger partial charge in [-0.3, -0.25) is 0 Å². The van der Waals surface area contributed by atoms with Crippen molar-refractivity contribution in [3.63, 3.8) is 0 Å². The zero-order valence-corrected chi connectivity index (χ0v) is 11.5. The first-order chi connectivity index (χ1) is 9.42. The first kappa shape index (κ1) is 12.9. The number of aromatic nitrogens is 2. The first-order valence-corrected chi connectivity index (χ1v) is 7.61. The maximum atomic E-state index is 5.90. The molecule has 0 spiro atoms. The molecule has 3 rings (SSSR count). The number of ether oxygens (including phenoxy) is 1. The van der Waals surface area contributed by atoms with Gasteiger partial charge in [-0.1, -0.05) is 6.42 Å². The van der Waals surface area contributed by atoms with Crippen molar-refractivity contribution in [1.82, 2.24) is 15.3 Å². The molecule has 0 amide bonds. The van der Waals surface area contributed by atoms with Crippen LogP contribution in [0.25, 0.3) is 0 Å². The molecule has 1 saturated heterocycles. The van der Waals surface area contributed by atoms with Gasteiger partial charge in [0.05, 0.1) is 18.5 Å². The summed E-state index contributed by atoms with van der Waals surface area (Å²) < 4.78 is 5.90. The van der Waals surface area contributed by atoms with Crippen molar-refractivity contribution in [3.05, 3.63) is 18.2 Å². The molecule has 0 bridgehead atoms. The quantitative estimate of drug-likeness (QED) is 0.908. The minimum atomic E-state index is 0.383. The van der Waals surface area contributed by atoms with E-state index in [4.69, 9.17) is 4.74 Å². The summed E-state index contributed by atoms with van der Waals surface area (Å²) in [6.07, 6.45) is 12.7. The largest absolute Gasteiger partial charge is 0.487 e. The molecule has 1 aromatic heterocycles. The van der Waals surface area contributed by atoms with E-state index in [0.717, 1.165) is 24.7 Å². The highest BCUT2D eigenvalue weighted by Crippen LogP contribution is 2.25. The van der Waals surface area contributed by atoms with Crippen LogP contribution >= 0.6 is 0 Å².